The molecular formula is C17H27ClN2. The Balaban J connectivity index is 1.74. The number of rotatable bonds is 6. The van der Waals surface area contributed by atoms with Crippen LogP contribution >= 0.6 is 11.6 Å². The molecule has 0 saturated carbocycles. The summed E-state index contributed by atoms with van der Waals surface area (Å²) in [7, 11) is 0. The van der Waals surface area contributed by atoms with Gasteiger partial charge in [0.1, 0.15) is 0 Å². The largest absolute Gasteiger partial charge is 0.310 e. The van der Waals surface area contributed by atoms with E-state index in [1.807, 2.05) is 18.2 Å². The highest BCUT2D eigenvalue weighted by molar-refractivity contribution is 6.30. The summed E-state index contributed by atoms with van der Waals surface area (Å²) in [6, 6.07) is 8.71. The minimum Gasteiger partial charge on any atom is -0.310 e. The molecule has 0 bridgehead atoms. The number of nitrogens with zero attached hydrogens (tertiary/aromatic N) is 1. The third-order valence-electron chi connectivity index (χ3n) is 4.40. The average molecular weight is 295 g/mol. The van der Waals surface area contributed by atoms with Gasteiger partial charge in [-0.25, -0.2) is 0 Å². The smallest absolute Gasteiger partial charge is 0.0409 e. The fourth-order valence-electron chi connectivity index (χ4n) is 3.09. The van der Waals surface area contributed by atoms with Crippen LogP contribution in [0.1, 0.15) is 38.7 Å². The predicted molar refractivity (Wildman–Crippen MR) is 87.2 cm³/mol. The Labute approximate surface area is 128 Å². The van der Waals surface area contributed by atoms with Crippen LogP contribution in [0.2, 0.25) is 5.02 Å². The molecule has 3 heteroatoms. The van der Waals surface area contributed by atoms with Gasteiger partial charge in [-0.1, -0.05) is 30.7 Å². The molecule has 1 aliphatic heterocycles. The minimum atomic E-state index is 0.581. The second kappa shape index (κ2) is 8.02. The molecule has 1 aromatic rings. The van der Waals surface area contributed by atoms with Gasteiger partial charge in [-0.05, 0) is 69.4 Å². The van der Waals surface area contributed by atoms with Crippen molar-refractivity contribution in [1.82, 2.24) is 10.2 Å². The molecule has 0 aromatic heterocycles. The molecule has 0 spiro atoms. The first-order valence-electron chi connectivity index (χ1n) is 7.89. The number of hydrogen-bond donors (Lipinski definition) is 1. The Morgan fingerprint density at radius 1 is 1.35 bits per heavy atom. The summed E-state index contributed by atoms with van der Waals surface area (Å²) in [5, 5.41) is 4.49. The molecule has 1 atom stereocenters. The molecule has 20 heavy (non-hydrogen) atoms. The summed E-state index contributed by atoms with van der Waals surface area (Å²) in [6.45, 7) is 9.29. The van der Waals surface area contributed by atoms with E-state index in [1.54, 1.807) is 0 Å². The Morgan fingerprint density at radius 2 is 2.10 bits per heavy atom. The molecule has 112 valence electrons. The zero-order valence-corrected chi connectivity index (χ0v) is 13.5. The number of piperidine rings is 1. The van der Waals surface area contributed by atoms with Gasteiger partial charge >= 0.3 is 0 Å². The molecule has 1 aromatic carbocycles. The van der Waals surface area contributed by atoms with Gasteiger partial charge in [-0.15, -0.1) is 0 Å². The van der Waals surface area contributed by atoms with Gasteiger partial charge in [0.25, 0.3) is 0 Å². The normalized spacial score (nSPS) is 19.1. The van der Waals surface area contributed by atoms with E-state index in [4.69, 9.17) is 11.6 Å². The van der Waals surface area contributed by atoms with Crippen molar-refractivity contribution in [2.45, 2.75) is 45.7 Å². The van der Waals surface area contributed by atoms with E-state index in [2.05, 4.69) is 30.1 Å². The van der Waals surface area contributed by atoms with Crippen LogP contribution in [0.15, 0.2) is 24.3 Å². The van der Waals surface area contributed by atoms with Gasteiger partial charge in [0.15, 0.2) is 0 Å². The van der Waals surface area contributed by atoms with Crippen molar-refractivity contribution in [3.63, 3.8) is 0 Å². The highest BCUT2D eigenvalue weighted by Crippen LogP contribution is 2.21. The SMILES string of the molecule is CCCN1CCC(C(C)NCc2cccc(Cl)c2)CC1. The van der Waals surface area contributed by atoms with E-state index in [0.717, 1.165) is 17.5 Å². The summed E-state index contributed by atoms with van der Waals surface area (Å²) >= 11 is 6.02. The van der Waals surface area contributed by atoms with E-state index in [9.17, 15) is 0 Å². The summed E-state index contributed by atoms with van der Waals surface area (Å²) in [5.41, 5.74) is 1.27. The molecular weight excluding hydrogens is 268 g/mol. The molecule has 2 rings (SSSR count). The maximum absolute atomic E-state index is 6.02. The number of benzene rings is 1. The van der Waals surface area contributed by atoms with Crippen molar-refractivity contribution >= 4 is 11.6 Å². The lowest BCUT2D eigenvalue weighted by molar-refractivity contribution is 0.162. The van der Waals surface area contributed by atoms with Crippen molar-refractivity contribution in [2.24, 2.45) is 5.92 Å². The van der Waals surface area contributed by atoms with Gasteiger partial charge in [0.05, 0.1) is 0 Å². The first-order chi connectivity index (χ1) is 9.69. The maximum Gasteiger partial charge on any atom is 0.0409 e. The maximum atomic E-state index is 6.02. The lowest BCUT2D eigenvalue weighted by Crippen LogP contribution is -2.41. The van der Waals surface area contributed by atoms with Crippen LogP contribution in [0.5, 0.6) is 0 Å². The van der Waals surface area contributed by atoms with E-state index in [-0.39, 0.29) is 0 Å². The standard InChI is InChI=1S/C17H27ClN2/c1-3-9-20-10-7-16(8-11-20)14(2)19-13-15-5-4-6-17(18)12-15/h4-6,12,14,16,19H,3,7-11,13H2,1-2H3. The molecule has 1 unspecified atom stereocenters. The van der Waals surface area contributed by atoms with Crippen LogP contribution in [0.3, 0.4) is 0 Å². The van der Waals surface area contributed by atoms with Crippen molar-refractivity contribution in [1.29, 1.82) is 0 Å². The Hall–Kier alpha value is -0.570. The first-order valence-corrected chi connectivity index (χ1v) is 8.27. The second-order valence-electron chi connectivity index (χ2n) is 5.98. The first kappa shape index (κ1) is 15.8. The van der Waals surface area contributed by atoms with Crippen molar-refractivity contribution in [2.75, 3.05) is 19.6 Å². The molecule has 2 nitrogen and oxygen atoms in total. The van der Waals surface area contributed by atoms with Crippen molar-refractivity contribution in [3.8, 4) is 0 Å². The number of likely N-dealkylation sites (tertiary alicyclic amines) is 1. The van der Waals surface area contributed by atoms with E-state index >= 15 is 0 Å². The van der Waals surface area contributed by atoms with Crippen molar-refractivity contribution in [3.05, 3.63) is 34.9 Å². The molecule has 1 aliphatic rings. The number of hydrogen-bond acceptors (Lipinski definition) is 2. The van der Waals surface area contributed by atoms with E-state index in [0.29, 0.717) is 6.04 Å². The molecule has 0 radical (unpaired) electrons. The molecule has 0 aliphatic carbocycles. The third kappa shape index (κ3) is 4.76. The fraction of sp³-hybridized carbons (Fsp3) is 0.647. The molecule has 1 fully saturated rings. The molecule has 1 N–H and O–H groups in total. The summed E-state index contributed by atoms with van der Waals surface area (Å²) in [4.78, 5) is 2.60. The monoisotopic (exact) mass is 294 g/mol. The zero-order chi connectivity index (χ0) is 14.4. The lowest BCUT2D eigenvalue weighted by Gasteiger charge is -2.35. The Kier molecular flexibility index (Phi) is 6.34. The zero-order valence-electron chi connectivity index (χ0n) is 12.7. The summed E-state index contributed by atoms with van der Waals surface area (Å²) < 4.78 is 0. The van der Waals surface area contributed by atoms with Gasteiger partial charge in [0.2, 0.25) is 0 Å². The number of nitrogens with one attached hydrogen (secondary N) is 1. The van der Waals surface area contributed by atoms with E-state index in [1.165, 1.54) is 44.5 Å². The van der Waals surface area contributed by atoms with Crippen LogP contribution in [0.25, 0.3) is 0 Å². The molecule has 1 saturated heterocycles. The van der Waals surface area contributed by atoms with Gasteiger partial charge in [0, 0.05) is 17.6 Å². The van der Waals surface area contributed by atoms with Crippen LogP contribution in [-0.2, 0) is 6.54 Å². The van der Waals surface area contributed by atoms with Crippen molar-refractivity contribution < 1.29 is 0 Å². The van der Waals surface area contributed by atoms with Crippen LogP contribution in [-0.4, -0.2) is 30.6 Å². The van der Waals surface area contributed by atoms with E-state index < -0.39 is 0 Å². The molecule has 0 amide bonds. The minimum absolute atomic E-state index is 0.581. The lowest BCUT2D eigenvalue weighted by atomic mass is 9.90. The Bertz CT molecular complexity index is 400. The van der Waals surface area contributed by atoms with Gasteiger partial charge in [-0.2, -0.15) is 0 Å². The Morgan fingerprint density at radius 3 is 2.75 bits per heavy atom. The van der Waals surface area contributed by atoms with Crippen LogP contribution in [0.4, 0.5) is 0 Å². The highest BCUT2D eigenvalue weighted by atomic mass is 35.5. The summed E-state index contributed by atoms with van der Waals surface area (Å²) in [6.07, 6.45) is 3.92. The quantitative estimate of drug-likeness (QED) is 0.855. The summed E-state index contributed by atoms with van der Waals surface area (Å²) in [5.74, 6) is 0.808. The van der Waals surface area contributed by atoms with Crippen LogP contribution < -0.4 is 5.32 Å². The highest BCUT2D eigenvalue weighted by Gasteiger charge is 2.22. The third-order valence-corrected chi connectivity index (χ3v) is 4.63. The van der Waals surface area contributed by atoms with Gasteiger partial charge < -0.3 is 10.2 Å². The van der Waals surface area contributed by atoms with Gasteiger partial charge in [-0.3, -0.25) is 0 Å². The predicted octanol–water partition coefficient (Wildman–Crippen LogP) is 3.94. The number of halogens is 1. The average Bonchev–Trinajstić information content (AvgIpc) is 2.46. The van der Waals surface area contributed by atoms with Crippen LogP contribution in [0, 0.1) is 5.92 Å². The second-order valence-corrected chi connectivity index (χ2v) is 6.42. The molecule has 1 heterocycles. The fourth-order valence-corrected chi connectivity index (χ4v) is 3.30. The topological polar surface area (TPSA) is 15.3 Å².